The quantitative estimate of drug-likeness (QED) is 0.597. The Morgan fingerprint density at radius 1 is 1.35 bits per heavy atom. The number of rotatable bonds is 1. The summed E-state index contributed by atoms with van der Waals surface area (Å²) in [5.74, 6) is 0.793. The number of fused-ring (bicyclic) bond motifs is 2. The highest BCUT2D eigenvalue weighted by Crippen LogP contribution is 2.33. The van der Waals surface area contributed by atoms with Crippen LogP contribution in [0.2, 0.25) is 5.28 Å². The second kappa shape index (κ2) is 5.09. The SMILES string of the molecule is COC(=O)c1ccc2c(c1)Oc1cnc(Cl)nc1CC2. The van der Waals surface area contributed by atoms with Crippen molar-refractivity contribution in [1.82, 2.24) is 9.97 Å². The first-order valence-electron chi connectivity index (χ1n) is 6.08. The molecule has 0 bridgehead atoms. The highest BCUT2D eigenvalue weighted by molar-refractivity contribution is 6.28. The zero-order chi connectivity index (χ0) is 14.1. The topological polar surface area (TPSA) is 61.3 Å². The first-order chi connectivity index (χ1) is 9.67. The Hall–Kier alpha value is -2.14. The maximum atomic E-state index is 11.6. The van der Waals surface area contributed by atoms with Gasteiger partial charge >= 0.3 is 5.97 Å². The van der Waals surface area contributed by atoms with Gasteiger partial charge in [-0.3, -0.25) is 0 Å². The Labute approximate surface area is 120 Å². The van der Waals surface area contributed by atoms with E-state index in [4.69, 9.17) is 21.1 Å². The van der Waals surface area contributed by atoms with E-state index in [-0.39, 0.29) is 5.28 Å². The number of aryl methyl sites for hydroxylation is 2. The van der Waals surface area contributed by atoms with Gasteiger partial charge in [0.15, 0.2) is 5.75 Å². The van der Waals surface area contributed by atoms with E-state index in [1.54, 1.807) is 18.3 Å². The molecule has 1 aliphatic rings. The van der Waals surface area contributed by atoms with Crippen molar-refractivity contribution in [2.75, 3.05) is 7.11 Å². The van der Waals surface area contributed by atoms with Gasteiger partial charge in [-0.1, -0.05) is 6.07 Å². The maximum Gasteiger partial charge on any atom is 0.337 e. The fourth-order valence-corrected chi connectivity index (χ4v) is 2.27. The molecule has 3 rings (SSSR count). The molecule has 1 aliphatic heterocycles. The lowest BCUT2D eigenvalue weighted by molar-refractivity contribution is 0.0600. The molecule has 0 N–H and O–H groups in total. The molecule has 1 aromatic heterocycles. The summed E-state index contributed by atoms with van der Waals surface area (Å²) in [7, 11) is 1.35. The summed E-state index contributed by atoms with van der Waals surface area (Å²) in [5.41, 5.74) is 2.22. The molecule has 0 atom stereocenters. The number of esters is 1. The van der Waals surface area contributed by atoms with Gasteiger partial charge in [-0.15, -0.1) is 0 Å². The lowest BCUT2D eigenvalue weighted by Gasteiger charge is -2.09. The van der Waals surface area contributed by atoms with E-state index in [1.807, 2.05) is 6.07 Å². The van der Waals surface area contributed by atoms with Crippen LogP contribution in [0, 0.1) is 0 Å². The summed E-state index contributed by atoms with van der Waals surface area (Å²) in [5, 5.41) is 0.202. The zero-order valence-electron chi connectivity index (χ0n) is 10.7. The molecule has 2 aromatic rings. The predicted octanol–water partition coefficient (Wildman–Crippen LogP) is 2.81. The van der Waals surface area contributed by atoms with Gasteiger partial charge in [-0.2, -0.15) is 0 Å². The van der Waals surface area contributed by atoms with E-state index in [2.05, 4.69) is 9.97 Å². The molecule has 0 aliphatic carbocycles. The van der Waals surface area contributed by atoms with E-state index >= 15 is 0 Å². The highest BCUT2D eigenvalue weighted by atomic mass is 35.5. The van der Waals surface area contributed by atoms with E-state index in [0.29, 0.717) is 23.5 Å². The second-order valence-electron chi connectivity index (χ2n) is 4.37. The Balaban J connectivity index is 2.02. The van der Waals surface area contributed by atoms with Crippen molar-refractivity contribution in [2.24, 2.45) is 0 Å². The van der Waals surface area contributed by atoms with Crippen molar-refractivity contribution in [3.8, 4) is 11.5 Å². The van der Waals surface area contributed by atoms with Crippen LogP contribution in [0.4, 0.5) is 0 Å². The number of aromatic nitrogens is 2. The fourth-order valence-electron chi connectivity index (χ4n) is 2.12. The molecular formula is C14H11ClN2O3. The van der Waals surface area contributed by atoms with Crippen molar-refractivity contribution in [2.45, 2.75) is 12.8 Å². The molecule has 0 spiro atoms. The van der Waals surface area contributed by atoms with Gasteiger partial charge in [0.25, 0.3) is 0 Å². The van der Waals surface area contributed by atoms with Gasteiger partial charge in [0.2, 0.25) is 5.28 Å². The number of carbonyl (C=O) groups is 1. The minimum absolute atomic E-state index is 0.202. The minimum atomic E-state index is -0.395. The average molecular weight is 291 g/mol. The highest BCUT2D eigenvalue weighted by Gasteiger charge is 2.18. The van der Waals surface area contributed by atoms with Crippen molar-refractivity contribution in [3.63, 3.8) is 0 Å². The van der Waals surface area contributed by atoms with Crippen LogP contribution in [-0.4, -0.2) is 23.0 Å². The number of methoxy groups -OCH3 is 1. The van der Waals surface area contributed by atoms with Crippen LogP contribution >= 0.6 is 11.6 Å². The van der Waals surface area contributed by atoms with Crippen LogP contribution in [0.1, 0.15) is 21.6 Å². The van der Waals surface area contributed by atoms with E-state index < -0.39 is 5.97 Å². The largest absolute Gasteiger partial charge is 0.465 e. The molecule has 0 fully saturated rings. The molecule has 2 heterocycles. The standard InChI is InChI=1S/C14H11ClN2O3/c1-19-13(18)9-3-2-8-4-5-10-12(20-11(8)6-9)7-16-14(15)17-10/h2-3,6-7H,4-5H2,1H3. The van der Waals surface area contributed by atoms with Crippen LogP contribution in [0.3, 0.4) is 0 Å². The van der Waals surface area contributed by atoms with E-state index in [0.717, 1.165) is 17.7 Å². The normalized spacial score (nSPS) is 12.7. The number of benzene rings is 1. The van der Waals surface area contributed by atoms with Crippen molar-refractivity contribution in [1.29, 1.82) is 0 Å². The van der Waals surface area contributed by atoms with Crippen LogP contribution in [-0.2, 0) is 17.6 Å². The number of nitrogens with zero attached hydrogens (tertiary/aromatic N) is 2. The molecule has 1 aromatic carbocycles. The van der Waals surface area contributed by atoms with Crippen molar-refractivity contribution in [3.05, 3.63) is 46.5 Å². The minimum Gasteiger partial charge on any atom is -0.465 e. The summed E-state index contributed by atoms with van der Waals surface area (Å²) in [6, 6.07) is 5.26. The Kier molecular flexibility index (Phi) is 3.28. The molecule has 0 amide bonds. The van der Waals surface area contributed by atoms with Gasteiger partial charge in [0.05, 0.1) is 24.6 Å². The fraction of sp³-hybridized carbons (Fsp3) is 0.214. The van der Waals surface area contributed by atoms with Gasteiger partial charge in [-0.05, 0) is 42.1 Å². The third-order valence-electron chi connectivity index (χ3n) is 3.14. The first-order valence-corrected chi connectivity index (χ1v) is 6.45. The van der Waals surface area contributed by atoms with Crippen LogP contribution in [0.15, 0.2) is 24.4 Å². The third-order valence-corrected chi connectivity index (χ3v) is 3.32. The molecule has 0 radical (unpaired) electrons. The molecule has 6 heteroatoms. The lowest BCUT2D eigenvalue weighted by Crippen LogP contribution is -2.02. The number of ether oxygens (including phenoxy) is 2. The van der Waals surface area contributed by atoms with Gasteiger partial charge < -0.3 is 9.47 Å². The second-order valence-corrected chi connectivity index (χ2v) is 4.70. The summed E-state index contributed by atoms with van der Waals surface area (Å²) >= 11 is 5.79. The molecule has 0 saturated carbocycles. The van der Waals surface area contributed by atoms with Crippen LogP contribution in [0.5, 0.6) is 11.5 Å². The lowest BCUT2D eigenvalue weighted by atomic mass is 10.1. The predicted molar refractivity (Wildman–Crippen MR) is 72.3 cm³/mol. The van der Waals surface area contributed by atoms with Gasteiger partial charge in [-0.25, -0.2) is 14.8 Å². The Bertz CT molecular complexity index is 688. The molecule has 5 nitrogen and oxygen atoms in total. The Morgan fingerprint density at radius 2 is 2.20 bits per heavy atom. The number of hydrogen-bond donors (Lipinski definition) is 0. The third kappa shape index (κ3) is 2.32. The molecule has 0 unspecified atom stereocenters. The maximum absolute atomic E-state index is 11.6. The van der Waals surface area contributed by atoms with Crippen molar-refractivity contribution < 1.29 is 14.3 Å². The smallest absolute Gasteiger partial charge is 0.337 e. The molecule has 20 heavy (non-hydrogen) atoms. The van der Waals surface area contributed by atoms with E-state index in [1.165, 1.54) is 7.11 Å². The summed E-state index contributed by atoms with van der Waals surface area (Å²) in [6.45, 7) is 0. The van der Waals surface area contributed by atoms with Crippen molar-refractivity contribution >= 4 is 17.6 Å². The Morgan fingerprint density at radius 3 is 3.00 bits per heavy atom. The number of halogens is 1. The number of carbonyl (C=O) groups excluding carboxylic acids is 1. The van der Waals surface area contributed by atoms with Crippen LogP contribution in [0.25, 0.3) is 0 Å². The monoisotopic (exact) mass is 290 g/mol. The summed E-state index contributed by atoms with van der Waals surface area (Å²) in [4.78, 5) is 19.6. The molecule has 102 valence electrons. The molecular weight excluding hydrogens is 280 g/mol. The zero-order valence-corrected chi connectivity index (χ0v) is 11.5. The van der Waals surface area contributed by atoms with Gasteiger partial charge in [0, 0.05) is 0 Å². The van der Waals surface area contributed by atoms with E-state index in [9.17, 15) is 4.79 Å². The van der Waals surface area contributed by atoms with Gasteiger partial charge in [0.1, 0.15) is 5.75 Å². The summed E-state index contributed by atoms with van der Waals surface area (Å²) in [6.07, 6.45) is 3.02. The summed E-state index contributed by atoms with van der Waals surface area (Å²) < 4.78 is 10.5. The van der Waals surface area contributed by atoms with Crippen LogP contribution < -0.4 is 4.74 Å². The average Bonchev–Trinajstić information content (AvgIpc) is 2.64. The number of hydrogen-bond acceptors (Lipinski definition) is 5. The molecule has 0 saturated heterocycles. The first kappa shape index (κ1) is 12.9.